The molecule has 0 saturated heterocycles. The number of fused-ring (bicyclic) bond motifs is 1. The number of carbonyl (C=O) groups is 2. The van der Waals surface area contributed by atoms with Gasteiger partial charge in [-0.1, -0.05) is 41.9 Å². The second-order valence-electron chi connectivity index (χ2n) is 5.82. The van der Waals surface area contributed by atoms with Crippen molar-refractivity contribution in [3.05, 3.63) is 64.7 Å². The predicted molar refractivity (Wildman–Crippen MR) is 95.3 cm³/mol. The number of hydrogen-bond donors (Lipinski definition) is 1. The first kappa shape index (κ1) is 16.5. The molecule has 124 valence electrons. The third-order valence-corrected chi connectivity index (χ3v) is 4.37. The van der Waals surface area contributed by atoms with Gasteiger partial charge in [0.15, 0.2) is 0 Å². The first-order chi connectivity index (χ1) is 11.6. The maximum Gasteiger partial charge on any atom is 0.316 e. The highest BCUT2D eigenvalue weighted by Gasteiger charge is 2.26. The van der Waals surface area contributed by atoms with Gasteiger partial charge in [0.1, 0.15) is 0 Å². The normalized spacial score (nSPS) is 13.3. The van der Waals surface area contributed by atoms with Crippen molar-refractivity contribution < 1.29 is 9.59 Å². The lowest BCUT2D eigenvalue weighted by atomic mass is 10.0. The average Bonchev–Trinajstić information content (AvgIpc) is 2.60. The van der Waals surface area contributed by atoms with Crippen LogP contribution in [0.15, 0.2) is 48.5 Å². The van der Waals surface area contributed by atoms with Gasteiger partial charge < -0.3 is 10.2 Å². The number of hydrogen-bond acceptors (Lipinski definition) is 2. The van der Waals surface area contributed by atoms with Crippen molar-refractivity contribution in [2.45, 2.75) is 19.3 Å². The molecule has 0 saturated carbocycles. The van der Waals surface area contributed by atoms with Crippen molar-refractivity contribution >= 4 is 29.1 Å². The Morgan fingerprint density at radius 3 is 2.79 bits per heavy atom. The van der Waals surface area contributed by atoms with Crippen molar-refractivity contribution in [1.29, 1.82) is 0 Å². The fraction of sp³-hybridized carbons (Fsp3) is 0.263. The molecule has 2 amide bonds. The summed E-state index contributed by atoms with van der Waals surface area (Å²) in [5, 5.41) is 3.37. The van der Waals surface area contributed by atoms with Gasteiger partial charge in [0.05, 0.1) is 0 Å². The highest BCUT2D eigenvalue weighted by molar-refractivity contribution is 6.40. The summed E-state index contributed by atoms with van der Waals surface area (Å²) >= 11 is 5.94. The number of nitrogens with one attached hydrogen (secondary N) is 1. The monoisotopic (exact) mass is 342 g/mol. The number of amides is 2. The van der Waals surface area contributed by atoms with E-state index >= 15 is 0 Å². The third-order valence-electron chi connectivity index (χ3n) is 4.14. The molecule has 1 N–H and O–H groups in total. The van der Waals surface area contributed by atoms with Crippen molar-refractivity contribution in [1.82, 2.24) is 5.32 Å². The van der Waals surface area contributed by atoms with Crippen LogP contribution in [0.1, 0.15) is 17.5 Å². The van der Waals surface area contributed by atoms with E-state index in [2.05, 4.69) is 5.32 Å². The standard InChI is InChI=1S/C19H19ClN2O2/c20-16-8-3-5-14(13-16)10-11-21-18(23)19(24)22-12-4-7-15-6-1-2-9-17(15)22/h1-3,5-6,8-9,13H,4,7,10-12H2,(H,21,23). The Morgan fingerprint density at radius 2 is 1.96 bits per heavy atom. The molecule has 1 aliphatic heterocycles. The molecule has 2 aromatic rings. The minimum Gasteiger partial charge on any atom is -0.347 e. The lowest BCUT2D eigenvalue weighted by molar-refractivity contribution is -0.137. The summed E-state index contributed by atoms with van der Waals surface area (Å²) in [5.41, 5.74) is 2.99. The van der Waals surface area contributed by atoms with Crippen molar-refractivity contribution in [3.8, 4) is 0 Å². The zero-order valence-corrected chi connectivity index (χ0v) is 14.1. The molecule has 0 radical (unpaired) electrons. The van der Waals surface area contributed by atoms with E-state index in [-0.39, 0.29) is 0 Å². The minimum absolute atomic E-state index is 0.403. The van der Waals surface area contributed by atoms with Crippen molar-refractivity contribution in [2.24, 2.45) is 0 Å². The summed E-state index contributed by atoms with van der Waals surface area (Å²) in [6.07, 6.45) is 2.45. The van der Waals surface area contributed by atoms with Crippen LogP contribution in [0.25, 0.3) is 0 Å². The zero-order chi connectivity index (χ0) is 16.9. The van der Waals surface area contributed by atoms with Gasteiger partial charge in [-0.3, -0.25) is 9.59 Å². The molecule has 24 heavy (non-hydrogen) atoms. The summed E-state index contributed by atoms with van der Waals surface area (Å²) in [6.45, 7) is 0.984. The Labute approximate surface area is 146 Å². The third kappa shape index (κ3) is 3.77. The highest BCUT2D eigenvalue weighted by Crippen LogP contribution is 2.26. The molecule has 1 heterocycles. The largest absolute Gasteiger partial charge is 0.347 e. The first-order valence-electron chi connectivity index (χ1n) is 8.07. The quantitative estimate of drug-likeness (QED) is 0.872. The molecular formula is C19H19ClN2O2. The number of halogens is 1. The van der Waals surface area contributed by atoms with Gasteiger partial charge in [-0.2, -0.15) is 0 Å². The molecule has 0 atom stereocenters. The van der Waals surface area contributed by atoms with Gasteiger partial charge in [-0.25, -0.2) is 0 Å². The topological polar surface area (TPSA) is 49.4 Å². The minimum atomic E-state index is -0.561. The van der Waals surface area contributed by atoms with Gasteiger partial charge in [0.25, 0.3) is 0 Å². The Balaban J connectivity index is 1.59. The Bertz CT molecular complexity index is 761. The molecule has 5 heteroatoms. The van der Waals surface area contributed by atoms with Gasteiger partial charge in [-0.15, -0.1) is 0 Å². The van der Waals surface area contributed by atoms with Crippen LogP contribution in [-0.2, 0) is 22.4 Å². The van der Waals surface area contributed by atoms with E-state index < -0.39 is 11.8 Å². The molecule has 0 spiro atoms. The number of anilines is 1. The van der Waals surface area contributed by atoms with E-state index in [0.717, 1.165) is 29.7 Å². The number of benzene rings is 2. The summed E-state index contributed by atoms with van der Waals surface area (Å²) in [6, 6.07) is 15.2. The molecule has 0 aliphatic carbocycles. The van der Waals surface area contributed by atoms with Crippen LogP contribution in [0.4, 0.5) is 5.69 Å². The van der Waals surface area contributed by atoms with E-state index in [4.69, 9.17) is 11.6 Å². The van der Waals surface area contributed by atoms with Crippen LogP contribution in [0.2, 0.25) is 5.02 Å². The average molecular weight is 343 g/mol. The van der Waals surface area contributed by atoms with E-state index in [1.165, 1.54) is 0 Å². The Kier molecular flexibility index (Phi) is 5.16. The summed E-state index contributed by atoms with van der Waals surface area (Å²) in [4.78, 5) is 26.2. The van der Waals surface area contributed by atoms with Crippen LogP contribution in [0.5, 0.6) is 0 Å². The molecule has 0 fully saturated rings. The molecule has 3 rings (SSSR count). The summed E-state index contributed by atoms with van der Waals surface area (Å²) < 4.78 is 0. The molecule has 0 unspecified atom stereocenters. The van der Waals surface area contributed by atoms with Crippen molar-refractivity contribution in [2.75, 3.05) is 18.0 Å². The van der Waals surface area contributed by atoms with Crippen LogP contribution >= 0.6 is 11.6 Å². The fourth-order valence-corrected chi connectivity index (χ4v) is 3.17. The molecular weight excluding hydrogens is 324 g/mol. The number of para-hydroxylation sites is 1. The summed E-state index contributed by atoms with van der Waals surface area (Å²) in [7, 11) is 0. The second-order valence-corrected chi connectivity index (χ2v) is 6.26. The van der Waals surface area contributed by atoms with Crippen LogP contribution < -0.4 is 10.2 Å². The maximum atomic E-state index is 12.5. The van der Waals surface area contributed by atoms with Gasteiger partial charge in [-0.05, 0) is 48.6 Å². The molecule has 4 nitrogen and oxygen atoms in total. The maximum absolute atomic E-state index is 12.5. The van der Waals surface area contributed by atoms with E-state index in [0.29, 0.717) is 24.5 Å². The summed E-state index contributed by atoms with van der Waals surface area (Å²) in [5.74, 6) is -1.05. The molecule has 0 aromatic heterocycles. The number of aryl methyl sites for hydroxylation is 1. The van der Waals surface area contributed by atoms with Gasteiger partial charge in [0, 0.05) is 23.8 Å². The predicted octanol–water partition coefficient (Wildman–Crippen LogP) is 2.98. The Morgan fingerprint density at radius 1 is 1.12 bits per heavy atom. The number of nitrogens with zero attached hydrogens (tertiary/aromatic N) is 1. The van der Waals surface area contributed by atoms with E-state index in [1.54, 1.807) is 11.0 Å². The molecule has 0 bridgehead atoms. The molecule has 2 aromatic carbocycles. The number of rotatable bonds is 3. The smallest absolute Gasteiger partial charge is 0.316 e. The number of carbonyl (C=O) groups excluding carboxylic acids is 2. The lowest BCUT2D eigenvalue weighted by Crippen LogP contribution is -2.45. The van der Waals surface area contributed by atoms with Gasteiger partial charge in [0.2, 0.25) is 0 Å². The van der Waals surface area contributed by atoms with Crippen LogP contribution in [0.3, 0.4) is 0 Å². The van der Waals surface area contributed by atoms with Gasteiger partial charge >= 0.3 is 11.8 Å². The fourth-order valence-electron chi connectivity index (χ4n) is 2.96. The van der Waals surface area contributed by atoms with E-state index in [9.17, 15) is 9.59 Å². The SMILES string of the molecule is O=C(NCCc1cccc(Cl)c1)C(=O)N1CCCc2ccccc21. The first-order valence-corrected chi connectivity index (χ1v) is 8.45. The van der Waals surface area contributed by atoms with Crippen LogP contribution in [0, 0.1) is 0 Å². The van der Waals surface area contributed by atoms with Crippen molar-refractivity contribution in [3.63, 3.8) is 0 Å². The zero-order valence-electron chi connectivity index (χ0n) is 13.3. The van der Waals surface area contributed by atoms with E-state index in [1.807, 2.05) is 42.5 Å². The molecule has 1 aliphatic rings. The second kappa shape index (κ2) is 7.49. The Hall–Kier alpha value is -2.33. The lowest BCUT2D eigenvalue weighted by Gasteiger charge is -2.28. The van der Waals surface area contributed by atoms with Crippen LogP contribution in [-0.4, -0.2) is 24.9 Å². The highest BCUT2D eigenvalue weighted by atomic mass is 35.5.